The first-order chi connectivity index (χ1) is 17.0. The fourth-order valence-electron chi connectivity index (χ4n) is 4.68. The van der Waals surface area contributed by atoms with Crippen molar-refractivity contribution in [1.82, 2.24) is 0 Å². The van der Waals surface area contributed by atoms with Gasteiger partial charge in [-0.25, -0.2) is 4.90 Å². The highest BCUT2D eigenvalue weighted by Crippen LogP contribution is 2.41. The van der Waals surface area contributed by atoms with Crippen LogP contribution < -0.4 is 9.80 Å². The molecule has 0 spiro atoms. The van der Waals surface area contributed by atoms with Crippen LogP contribution in [-0.4, -0.2) is 25.9 Å². The van der Waals surface area contributed by atoms with Crippen molar-refractivity contribution in [2.75, 3.05) is 23.9 Å². The summed E-state index contributed by atoms with van der Waals surface area (Å²) in [6, 6.07) is 31.4. The zero-order valence-electron chi connectivity index (χ0n) is 19.4. The van der Waals surface area contributed by atoms with E-state index >= 15 is 0 Å². The van der Waals surface area contributed by atoms with Crippen molar-refractivity contribution in [3.05, 3.63) is 108 Å². The van der Waals surface area contributed by atoms with Crippen LogP contribution in [0.4, 0.5) is 11.4 Å². The highest BCUT2D eigenvalue weighted by molar-refractivity contribution is 7.18. The molecule has 5 aromatic rings. The summed E-state index contributed by atoms with van der Waals surface area (Å²) < 4.78 is 0. The molecule has 4 aromatic carbocycles. The number of rotatable bonds is 4. The van der Waals surface area contributed by atoms with Crippen molar-refractivity contribution in [3.8, 4) is 20.9 Å². The normalized spacial score (nSPS) is 12.9. The molecule has 0 fully saturated rings. The minimum Gasteiger partial charge on any atom is -0.378 e. The van der Waals surface area contributed by atoms with Gasteiger partial charge in [-0.1, -0.05) is 48.5 Å². The molecule has 2 amide bonds. The van der Waals surface area contributed by atoms with E-state index in [1.54, 1.807) is 23.5 Å². The Balaban J connectivity index is 1.44. The Morgan fingerprint density at radius 2 is 1.29 bits per heavy atom. The maximum atomic E-state index is 13.4. The van der Waals surface area contributed by atoms with Crippen molar-refractivity contribution in [2.45, 2.75) is 0 Å². The lowest BCUT2D eigenvalue weighted by molar-refractivity contribution is 0.0893. The van der Waals surface area contributed by atoms with Gasteiger partial charge in [0.1, 0.15) is 0 Å². The lowest BCUT2D eigenvalue weighted by Crippen LogP contribution is -2.40. The molecule has 0 bridgehead atoms. The molecule has 0 saturated carbocycles. The minimum atomic E-state index is -0.288. The molecular weight excluding hydrogens is 452 g/mol. The molecular formula is C30H22N2O2S. The van der Waals surface area contributed by atoms with E-state index < -0.39 is 0 Å². The first-order valence-corrected chi connectivity index (χ1v) is 12.2. The molecule has 0 unspecified atom stereocenters. The van der Waals surface area contributed by atoms with Crippen LogP contribution in [0, 0.1) is 0 Å². The van der Waals surface area contributed by atoms with Crippen LogP contribution in [0.2, 0.25) is 0 Å². The second kappa shape index (κ2) is 8.22. The Morgan fingerprint density at radius 3 is 2.00 bits per heavy atom. The molecule has 0 saturated heterocycles. The van der Waals surface area contributed by atoms with Gasteiger partial charge >= 0.3 is 0 Å². The van der Waals surface area contributed by atoms with E-state index in [1.807, 2.05) is 62.6 Å². The predicted octanol–water partition coefficient (Wildman–Crippen LogP) is 7.10. The number of hydrogen-bond acceptors (Lipinski definition) is 4. The average molecular weight is 475 g/mol. The maximum Gasteiger partial charge on any atom is 0.265 e. The number of carbonyl (C=O) groups is 2. The summed E-state index contributed by atoms with van der Waals surface area (Å²) in [5.41, 5.74) is 5.04. The van der Waals surface area contributed by atoms with Gasteiger partial charge in [-0.2, -0.15) is 0 Å². The Labute approximate surface area is 207 Å². The van der Waals surface area contributed by atoms with Crippen molar-refractivity contribution in [2.24, 2.45) is 0 Å². The van der Waals surface area contributed by atoms with Crippen LogP contribution in [0.5, 0.6) is 0 Å². The molecule has 0 atom stereocenters. The second-order valence-corrected chi connectivity index (χ2v) is 9.86. The molecule has 0 aliphatic carbocycles. The minimum absolute atomic E-state index is 0.288. The third kappa shape index (κ3) is 3.44. The van der Waals surface area contributed by atoms with Gasteiger partial charge in [0.2, 0.25) is 0 Å². The summed E-state index contributed by atoms with van der Waals surface area (Å²) in [6.45, 7) is 0. The average Bonchev–Trinajstić information content (AvgIpc) is 3.38. The van der Waals surface area contributed by atoms with E-state index in [0.29, 0.717) is 16.8 Å². The number of anilines is 2. The Hall–Kier alpha value is -4.22. The van der Waals surface area contributed by atoms with Crippen LogP contribution in [0.1, 0.15) is 20.7 Å². The van der Waals surface area contributed by atoms with Crippen LogP contribution in [0.15, 0.2) is 97.1 Å². The molecule has 0 N–H and O–H groups in total. The topological polar surface area (TPSA) is 40.6 Å². The van der Waals surface area contributed by atoms with Crippen molar-refractivity contribution >= 4 is 45.3 Å². The first kappa shape index (κ1) is 21.3. The van der Waals surface area contributed by atoms with Gasteiger partial charge in [0.05, 0.1) is 5.69 Å². The lowest BCUT2D eigenvalue weighted by atomic mass is 9.90. The molecule has 2 heterocycles. The summed E-state index contributed by atoms with van der Waals surface area (Å²) in [4.78, 5) is 32.5. The van der Waals surface area contributed by atoms with Gasteiger partial charge in [0.15, 0.2) is 0 Å². The molecule has 4 nitrogen and oxygen atoms in total. The van der Waals surface area contributed by atoms with E-state index in [9.17, 15) is 9.59 Å². The second-order valence-electron chi connectivity index (χ2n) is 8.78. The van der Waals surface area contributed by atoms with Gasteiger partial charge in [-0.3, -0.25) is 9.59 Å². The van der Waals surface area contributed by atoms with Crippen LogP contribution in [0.3, 0.4) is 0 Å². The smallest absolute Gasteiger partial charge is 0.265 e. The fraction of sp³-hybridized carbons (Fsp3) is 0.0667. The summed E-state index contributed by atoms with van der Waals surface area (Å²) in [5.74, 6) is -0.575. The number of amides is 2. The van der Waals surface area contributed by atoms with E-state index in [0.717, 1.165) is 26.9 Å². The lowest BCUT2D eigenvalue weighted by Gasteiger charge is -2.27. The SMILES string of the molecule is CN(C)c1ccc(-c2ccc(-c3ccc4c5c(cccc35)C(=O)N(c3ccccc3)C4=O)s2)cc1. The summed E-state index contributed by atoms with van der Waals surface area (Å²) >= 11 is 1.71. The van der Waals surface area contributed by atoms with Crippen molar-refractivity contribution < 1.29 is 9.59 Å². The molecule has 1 aliphatic rings. The molecule has 35 heavy (non-hydrogen) atoms. The zero-order chi connectivity index (χ0) is 24.1. The summed E-state index contributed by atoms with van der Waals surface area (Å²) in [7, 11) is 4.06. The quantitative estimate of drug-likeness (QED) is 0.261. The van der Waals surface area contributed by atoms with Crippen molar-refractivity contribution in [1.29, 1.82) is 0 Å². The summed E-state index contributed by atoms with van der Waals surface area (Å²) in [6.07, 6.45) is 0. The number of hydrogen-bond donors (Lipinski definition) is 0. The number of imide groups is 1. The van der Waals surface area contributed by atoms with E-state index in [-0.39, 0.29) is 11.8 Å². The van der Waals surface area contributed by atoms with E-state index in [4.69, 9.17) is 0 Å². The summed E-state index contributed by atoms with van der Waals surface area (Å²) in [5, 5.41) is 1.66. The number of benzene rings is 4. The third-order valence-corrected chi connectivity index (χ3v) is 7.63. The standard InChI is InChI=1S/C30H22N2O2S/c1-31(2)20-13-11-19(12-14-20)26-17-18-27(35-26)22-15-16-25-28-23(22)9-6-10-24(28)29(33)32(30(25)34)21-7-4-3-5-8-21/h3-18H,1-2H3. The molecule has 5 heteroatoms. The van der Waals surface area contributed by atoms with Gasteiger partial charge in [0, 0.05) is 46.1 Å². The van der Waals surface area contributed by atoms with Crippen LogP contribution >= 0.6 is 11.3 Å². The highest BCUT2D eigenvalue weighted by Gasteiger charge is 2.34. The van der Waals surface area contributed by atoms with Crippen molar-refractivity contribution in [3.63, 3.8) is 0 Å². The van der Waals surface area contributed by atoms with Gasteiger partial charge in [-0.05, 0) is 65.0 Å². The Bertz CT molecular complexity index is 1580. The number of para-hydroxylation sites is 1. The largest absolute Gasteiger partial charge is 0.378 e. The van der Waals surface area contributed by atoms with Gasteiger partial charge < -0.3 is 4.90 Å². The monoisotopic (exact) mass is 474 g/mol. The Morgan fingerprint density at radius 1 is 0.629 bits per heavy atom. The van der Waals surface area contributed by atoms with Gasteiger partial charge in [-0.15, -0.1) is 11.3 Å². The molecule has 6 rings (SSSR count). The predicted molar refractivity (Wildman–Crippen MR) is 145 cm³/mol. The molecule has 170 valence electrons. The van der Waals surface area contributed by atoms with Crippen LogP contribution in [-0.2, 0) is 0 Å². The molecule has 1 aliphatic heterocycles. The maximum absolute atomic E-state index is 13.4. The molecule has 0 radical (unpaired) electrons. The Kier molecular flexibility index (Phi) is 5.01. The van der Waals surface area contributed by atoms with E-state index in [2.05, 4.69) is 41.3 Å². The zero-order valence-corrected chi connectivity index (χ0v) is 20.2. The third-order valence-electron chi connectivity index (χ3n) is 6.46. The number of carbonyl (C=O) groups excluding carboxylic acids is 2. The first-order valence-electron chi connectivity index (χ1n) is 11.4. The number of nitrogens with zero attached hydrogens (tertiary/aromatic N) is 2. The van der Waals surface area contributed by atoms with E-state index in [1.165, 1.54) is 15.3 Å². The molecule has 1 aromatic heterocycles. The number of thiophene rings is 1. The highest BCUT2D eigenvalue weighted by atomic mass is 32.1. The van der Waals surface area contributed by atoms with Gasteiger partial charge in [0.25, 0.3) is 11.8 Å². The fourth-order valence-corrected chi connectivity index (χ4v) is 5.74. The van der Waals surface area contributed by atoms with Crippen LogP contribution in [0.25, 0.3) is 31.7 Å².